The van der Waals surface area contributed by atoms with Gasteiger partial charge in [0.25, 0.3) is 0 Å². The fourth-order valence-corrected chi connectivity index (χ4v) is 4.14. The van der Waals surface area contributed by atoms with Gasteiger partial charge in [-0.05, 0) is 43.8 Å². The molecule has 5 nitrogen and oxygen atoms in total. The summed E-state index contributed by atoms with van der Waals surface area (Å²) in [4.78, 5) is 17.9. The Morgan fingerprint density at radius 1 is 1.21 bits per heavy atom. The molecule has 3 rings (SSSR count). The third kappa shape index (κ3) is 4.67. The number of aryl methyl sites for hydroxylation is 1. The number of rotatable bonds is 5. The van der Waals surface area contributed by atoms with Gasteiger partial charge in [-0.3, -0.25) is 0 Å². The average Bonchev–Trinajstić information content (AvgIpc) is 3.00. The van der Waals surface area contributed by atoms with Crippen LogP contribution in [-0.2, 0) is 4.74 Å². The third-order valence-corrected chi connectivity index (χ3v) is 5.27. The van der Waals surface area contributed by atoms with Crippen LogP contribution in [0.3, 0.4) is 0 Å². The molecular formula is C20H18ClN3O2S2. The summed E-state index contributed by atoms with van der Waals surface area (Å²) in [5.74, 6) is 0.164. The van der Waals surface area contributed by atoms with E-state index in [0.717, 1.165) is 16.0 Å². The molecular weight excluding hydrogens is 414 g/mol. The van der Waals surface area contributed by atoms with Crippen LogP contribution in [0.4, 0.5) is 10.8 Å². The second-order valence-corrected chi connectivity index (χ2v) is 7.83. The van der Waals surface area contributed by atoms with E-state index in [9.17, 15) is 4.79 Å². The number of thiophene rings is 1. The summed E-state index contributed by atoms with van der Waals surface area (Å²) in [7, 11) is 0. The maximum atomic E-state index is 12.7. The predicted molar refractivity (Wildman–Crippen MR) is 120 cm³/mol. The lowest BCUT2D eigenvalue weighted by atomic mass is 10.0. The number of carbonyl (C=O) groups is 1. The summed E-state index contributed by atoms with van der Waals surface area (Å²) in [6, 6.07) is 13.2. The zero-order valence-electron chi connectivity index (χ0n) is 15.3. The lowest BCUT2D eigenvalue weighted by molar-refractivity contribution is 0.0529. The number of nitrogens with one attached hydrogen (secondary N) is 2. The summed E-state index contributed by atoms with van der Waals surface area (Å²) in [5.41, 5.74) is 2.27. The number of ether oxygens (including phenoxy) is 1. The highest BCUT2D eigenvalue weighted by Gasteiger charge is 2.24. The maximum absolute atomic E-state index is 12.7. The number of nitrogens with zero attached hydrogens (tertiary/aromatic N) is 1. The van der Waals surface area contributed by atoms with Crippen molar-refractivity contribution in [2.24, 2.45) is 0 Å². The van der Waals surface area contributed by atoms with Crippen LogP contribution in [0, 0.1) is 6.92 Å². The first-order valence-electron chi connectivity index (χ1n) is 8.55. The molecule has 2 aromatic heterocycles. The highest BCUT2D eigenvalue weighted by atomic mass is 35.5. The third-order valence-electron chi connectivity index (χ3n) is 3.82. The summed E-state index contributed by atoms with van der Waals surface area (Å²) >= 11 is 12.7. The second-order valence-electron chi connectivity index (χ2n) is 5.76. The molecule has 2 N–H and O–H groups in total. The zero-order chi connectivity index (χ0) is 20.1. The molecule has 0 atom stereocenters. The molecule has 0 amide bonds. The fraction of sp³-hybridized carbons (Fsp3) is 0.150. The average molecular weight is 432 g/mol. The van der Waals surface area contributed by atoms with E-state index in [0.29, 0.717) is 33.1 Å². The molecule has 1 aromatic carbocycles. The first-order chi connectivity index (χ1) is 13.5. The van der Waals surface area contributed by atoms with E-state index in [2.05, 4.69) is 15.6 Å². The van der Waals surface area contributed by atoms with Gasteiger partial charge < -0.3 is 15.4 Å². The molecule has 0 bridgehead atoms. The van der Waals surface area contributed by atoms with E-state index in [-0.39, 0.29) is 5.97 Å². The van der Waals surface area contributed by atoms with Gasteiger partial charge in [-0.1, -0.05) is 41.9 Å². The van der Waals surface area contributed by atoms with Crippen molar-refractivity contribution in [1.29, 1.82) is 0 Å². The lowest BCUT2D eigenvalue weighted by Crippen LogP contribution is -2.20. The van der Waals surface area contributed by atoms with Gasteiger partial charge in [0.15, 0.2) is 5.11 Å². The van der Waals surface area contributed by atoms with Crippen LogP contribution in [0.5, 0.6) is 0 Å². The van der Waals surface area contributed by atoms with Crippen molar-refractivity contribution in [3.8, 4) is 11.1 Å². The van der Waals surface area contributed by atoms with Crippen molar-refractivity contribution in [2.45, 2.75) is 13.8 Å². The van der Waals surface area contributed by atoms with Gasteiger partial charge in [0.05, 0.1) is 11.6 Å². The van der Waals surface area contributed by atoms with E-state index in [1.54, 1.807) is 19.1 Å². The first kappa shape index (κ1) is 20.3. The fourth-order valence-electron chi connectivity index (χ4n) is 2.68. The van der Waals surface area contributed by atoms with Crippen LogP contribution < -0.4 is 10.6 Å². The van der Waals surface area contributed by atoms with E-state index >= 15 is 0 Å². The van der Waals surface area contributed by atoms with E-state index < -0.39 is 0 Å². The van der Waals surface area contributed by atoms with Gasteiger partial charge in [0.2, 0.25) is 0 Å². The molecule has 8 heteroatoms. The van der Waals surface area contributed by atoms with Crippen molar-refractivity contribution in [1.82, 2.24) is 4.98 Å². The molecule has 28 heavy (non-hydrogen) atoms. The summed E-state index contributed by atoms with van der Waals surface area (Å²) in [6.45, 7) is 4.04. The van der Waals surface area contributed by atoms with Crippen molar-refractivity contribution >= 4 is 57.1 Å². The standard InChI is InChI=1S/C20H18ClN3O2S2/c1-3-26-19(25)17-16(13-7-5-4-6-8-13)12(2)28-18(17)24-20(27)23-15-10-9-14(21)11-22-15/h4-11H,3H2,1-2H3,(H2,22,23,24,27). The Kier molecular flexibility index (Phi) is 6.61. The SMILES string of the molecule is CCOC(=O)c1c(NC(=S)Nc2ccc(Cl)cn2)sc(C)c1-c1ccccc1. The van der Waals surface area contributed by atoms with Gasteiger partial charge in [0.1, 0.15) is 16.4 Å². The minimum absolute atomic E-state index is 0.290. The van der Waals surface area contributed by atoms with Crippen molar-refractivity contribution in [3.05, 3.63) is 64.1 Å². The van der Waals surface area contributed by atoms with Crippen molar-refractivity contribution in [2.75, 3.05) is 17.2 Å². The second kappa shape index (κ2) is 9.14. The number of hydrogen-bond acceptors (Lipinski definition) is 5. The van der Waals surface area contributed by atoms with Crippen LogP contribution in [0.15, 0.2) is 48.7 Å². The summed E-state index contributed by atoms with van der Waals surface area (Å²) in [5, 5.41) is 7.58. The zero-order valence-corrected chi connectivity index (χ0v) is 17.7. The van der Waals surface area contributed by atoms with E-state index in [1.807, 2.05) is 37.3 Å². The Labute approximate surface area is 177 Å². The van der Waals surface area contributed by atoms with Gasteiger partial charge >= 0.3 is 5.97 Å². The minimum atomic E-state index is -0.388. The Morgan fingerprint density at radius 3 is 2.61 bits per heavy atom. The number of esters is 1. The molecule has 0 saturated carbocycles. The molecule has 0 aliphatic rings. The summed E-state index contributed by atoms with van der Waals surface area (Å²) < 4.78 is 5.29. The summed E-state index contributed by atoms with van der Waals surface area (Å²) in [6.07, 6.45) is 1.53. The minimum Gasteiger partial charge on any atom is -0.462 e. The monoisotopic (exact) mass is 431 g/mol. The van der Waals surface area contributed by atoms with Crippen molar-refractivity contribution < 1.29 is 9.53 Å². The van der Waals surface area contributed by atoms with E-state index in [4.69, 9.17) is 28.6 Å². The van der Waals surface area contributed by atoms with Gasteiger partial charge in [0, 0.05) is 16.6 Å². The Hall–Kier alpha value is -2.48. The Morgan fingerprint density at radius 2 is 1.96 bits per heavy atom. The van der Waals surface area contributed by atoms with Crippen LogP contribution in [0.2, 0.25) is 5.02 Å². The van der Waals surface area contributed by atoms with Gasteiger partial charge in [-0.2, -0.15) is 0 Å². The highest BCUT2D eigenvalue weighted by Crippen LogP contribution is 2.40. The number of thiocarbonyl (C=S) groups is 1. The number of hydrogen-bond donors (Lipinski definition) is 2. The molecule has 0 fully saturated rings. The normalized spacial score (nSPS) is 10.4. The molecule has 0 aliphatic carbocycles. The molecule has 0 aliphatic heterocycles. The largest absolute Gasteiger partial charge is 0.462 e. The van der Waals surface area contributed by atoms with Gasteiger partial charge in [-0.15, -0.1) is 11.3 Å². The molecule has 144 valence electrons. The molecule has 2 heterocycles. The van der Waals surface area contributed by atoms with Crippen molar-refractivity contribution in [3.63, 3.8) is 0 Å². The molecule has 0 unspecified atom stereocenters. The molecule has 0 radical (unpaired) electrons. The number of benzene rings is 1. The lowest BCUT2D eigenvalue weighted by Gasteiger charge is -2.11. The Balaban J connectivity index is 1.92. The molecule has 0 spiro atoms. The molecule has 0 saturated heterocycles. The quantitative estimate of drug-likeness (QED) is 0.395. The predicted octanol–water partition coefficient (Wildman–Crippen LogP) is 5.76. The Bertz CT molecular complexity index is 989. The van der Waals surface area contributed by atoms with Crippen LogP contribution >= 0.6 is 35.2 Å². The van der Waals surface area contributed by atoms with Crippen LogP contribution in [0.25, 0.3) is 11.1 Å². The number of halogens is 1. The maximum Gasteiger partial charge on any atom is 0.341 e. The topological polar surface area (TPSA) is 63.2 Å². The van der Waals surface area contributed by atoms with E-state index in [1.165, 1.54) is 17.5 Å². The number of pyridine rings is 1. The molecule has 3 aromatic rings. The smallest absolute Gasteiger partial charge is 0.341 e. The van der Waals surface area contributed by atoms with Gasteiger partial charge in [-0.25, -0.2) is 9.78 Å². The number of anilines is 2. The van der Waals surface area contributed by atoms with Crippen LogP contribution in [-0.4, -0.2) is 22.7 Å². The highest BCUT2D eigenvalue weighted by molar-refractivity contribution is 7.80. The van der Waals surface area contributed by atoms with Crippen LogP contribution in [0.1, 0.15) is 22.2 Å². The number of aromatic nitrogens is 1. The number of carbonyl (C=O) groups excluding carboxylic acids is 1. The first-order valence-corrected chi connectivity index (χ1v) is 10.1.